The first-order valence-electron chi connectivity index (χ1n) is 5.60. The van der Waals surface area contributed by atoms with E-state index in [0.29, 0.717) is 19.5 Å². The van der Waals surface area contributed by atoms with E-state index in [4.69, 9.17) is 5.73 Å². The number of aromatic nitrogens is 2. The summed E-state index contributed by atoms with van der Waals surface area (Å²) in [5.74, 6) is 0.00820. The Bertz CT molecular complexity index is 348. The van der Waals surface area contributed by atoms with Gasteiger partial charge in [0.2, 0.25) is 5.91 Å². The number of likely N-dealkylation sites (N-methyl/N-ethyl adjacent to an activating group) is 1. The smallest absolute Gasteiger partial charge is 0.239 e. The Labute approximate surface area is 96.2 Å². The Hall–Kier alpha value is -1.36. The first kappa shape index (κ1) is 12.7. The topological polar surface area (TPSA) is 64.2 Å². The van der Waals surface area contributed by atoms with E-state index in [1.807, 2.05) is 27.1 Å². The fourth-order valence-corrected chi connectivity index (χ4v) is 1.53. The van der Waals surface area contributed by atoms with E-state index in [1.54, 1.807) is 15.8 Å². The summed E-state index contributed by atoms with van der Waals surface area (Å²) >= 11 is 0. The van der Waals surface area contributed by atoms with Crippen molar-refractivity contribution in [1.82, 2.24) is 14.7 Å². The lowest BCUT2D eigenvalue weighted by molar-refractivity contribution is -0.133. The highest BCUT2D eigenvalue weighted by Crippen LogP contribution is 2.05. The minimum absolute atomic E-state index is 0.00820. The highest BCUT2D eigenvalue weighted by atomic mass is 16.2. The Kier molecular flexibility index (Phi) is 4.49. The molecule has 1 rings (SSSR count). The summed E-state index contributed by atoms with van der Waals surface area (Å²) in [6.07, 6.45) is 4.35. The van der Waals surface area contributed by atoms with Crippen LogP contribution in [0.2, 0.25) is 0 Å². The number of nitrogens with two attached hydrogens (primary N) is 1. The van der Waals surface area contributed by atoms with Crippen LogP contribution in [0.15, 0.2) is 12.4 Å². The molecular formula is C11H20N4O. The molecule has 1 aromatic heterocycles. The second-order valence-electron chi connectivity index (χ2n) is 3.89. The zero-order chi connectivity index (χ0) is 12.1. The fourth-order valence-electron chi connectivity index (χ4n) is 1.53. The molecule has 2 N–H and O–H groups in total. The molecule has 0 fully saturated rings. The maximum absolute atomic E-state index is 11.9. The molecule has 0 bridgehead atoms. The van der Waals surface area contributed by atoms with Crippen molar-refractivity contribution >= 4 is 5.91 Å². The van der Waals surface area contributed by atoms with Crippen molar-refractivity contribution in [2.24, 2.45) is 12.8 Å². The normalized spacial score (nSPS) is 12.5. The van der Waals surface area contributed by atoms with Gasteiger partial charge in [0.1, 0.15) is 0 Å². The third-order valence-electron chi connectivity index (χ3n) is 2.58. The van der Waals surface area contributed by atoms with E-state index in [-0.39, 0.29) is 5.91 Å². The van der Waals surface area contributed by atoms with Crippen LogP contribution in [0.25, 0.3) is 0 Å². The minimum Gasteiger partial charge on any atom is -0.337 e. The largest absolute Gasteiger partial charge is 0.337 e. The third kappa shape index (κ3) is 3.06. The summed E-state index contributed by atoms with van der Waals surface area (Å²) in [6.45, 7) is 5.12. The molecule has 1 amide bonds. The van der Waals surface area contributed by atoms with Crippen molar-refractivity contribution in [2.45, 2.75) is 32.9 Å². The maximum atomic E-state index is 11.9. The Balaban J connectivity index is 2.65. The van der Waals surface area contributed by atoms with Gasteiger partial charge in [-0.25, -0.2) is 0 Å². The molecular weight excluding hydrogens is 204 g/mol. The van der Waals surface area contributed by atoms with Gasteiger partial charge in [-0.05, 0) is 13.3 Å². The van der Waals surface area contributed by atoms with Gasteiger partial charge in [-0.15, -0.1) is 0 Å². The monoisotopic (exact) mass is 224 g/mol. The van der Waals surface area contributed by atoms with Gasteiger partial charge in [0.05, 0.1) is 12.2 Å². The number of amides is 1. The van der Waals surface area contributed by atoms with Gasteiger partial charge in [0, 0.05) is 31.9 Å². The summed E-state index contributed by atoms with van der Waals surface area (Å²) in [6, 6.07) is -0.392. The second-order valence-corrected chi connectivity index (χ2v) is 3.89. The molecule has 5 nitrogen and oxygen atoms in total. The van der Waals surface area contributed by atoms with Gasteiger partial charge in [-0.3, -0.25) is 9.48 Å². The molecule has 5 heteroatoms. The van der Waals surface area contributed by atoms with E-state index in [1.165, 1.54) is 0 Å². The number of carbonyl (C=O) groups is 1. The number of carbonyl (C=O) groups excluding carboxylic acids is 1. The zero-order valence-corrected chi connectivity index (χ0v) is 10.2. The molecule has 90 valence electrons. The zero-order valence-electron chi connectivity index (χ0n) is 10.2. The van der Waals surface area contributed by atoms with Gasteiger partial charge < -0.3 is 10.6 Å². The lowest BCUT2D eigenvalue weighted by atomic mass is 10.2. The Morgan fingerprint density at radius 1 is 1.62 bits per heavy atom. The highest BCUT2D eigenvalue weighted by Gasteiger charge is 2.18. The van der Waals surface area contributed by atoms with Crippen LogP contribution in [0.1, 0.15) is 25.8 Å². The SMILES string of the molecule is CC[C@H](N)C(=O)N(CC)Cc1cnn(C)c1. The molecule has 0 aromatic carbocycles. The van der Waals surface area contributed by atoms with Crippen molar-refractivity contribution in [3.63, 3.8) is 0 Å². The van der Waals surface area contributed by atoms with Crippen LogP contribution in [0.4, 0.5) is 0 Å². The maximum Gasteiger partial charge on any atom is 0.239 e. The van der Waals surface area contributed by atoms with Crippen molar-refractivity contribution in [1.29, 1.82) is 0 Å². The predicted molar refractivity (Wildman–Crippen MR) is 62.6 cm³/mol. The second kappa shape index (κ2) is 5.65. The van der Waals surface area contributed by atoms with E-state index >= 15 is 0 Å². The molecule has 1 heterocycles. The van der Waals surface area contributed by atoms with Crippen LogP contribution in [0, 0.1) is 0 Å². The number of nitrogens with zero attached hydrogens (tertiary/aromatic N) is 3. The lowest BCUT2D eigenvalue weighted by Crippen LogP contribution is -2.42. The van der Waals surface area contributed by atoms with Crippen molar-refractivity contribution in [2.75, 3.05) is 6.54 Å². The number of aryl methyl sites for hydroxylation is 1. The molecule has 0 saturated carbocycles. The average Bonchev–Trinajstić information content (AvgIpc) is 2.69. The van der Waals surface area contributed by atoms with E-state index < -0.39 is 6.04 Å². The van der Waals surface area contributed by atoms with Crippen molar-refractivity contribution in [3.05, 3.63) is 18.0 Å². The van der Waals surface area contributed by atoms with E-state index in [0.717, 1.165) is 5.56 Å². The molecule has 1 atom stereocenters. The van der Waals surface area contributed by atoms with Crippen LogP contribution >= 0.6 is 0 Å². The van der Waals surface area contributed by atoms with Gasteiger partial charge in [0.15, 0.2) is 0 Å². The number of hydrogen-bond acceptors (Lipinski definition) is 3. The molecule has 16 heavy (non-hydrogen) atoms. The summed E-state index contributed by atoms with van der Waals surface area (Å²) < 4.78 is 1.73. The number of hydrogen-bond donors (Lipinski definition) is 1. The van der Waals surface area contributed by atoms with Crippen LogP contribution in [-0.4, -0.2) is 33.2 Å². The summed E-state index contributed by atoms with van der Waals surface area (Å²) in [4.78, 5) is 13.6. The van der Waals surface area contributed by atoms with Crippen LogP contribution in [-0.2, 0) is 18.4 Å². The standard InChI is InChI=1S/C11H20N4O/c1-4-10(12)11(16)15(5-2)8-9-6-13-14(3)7-9/h6-7,10H,4-5,8,12H2,1-3H3/t10-/m0/s1. The molecule has 0 aliphatic carbocycles. The highest BCUT2D eigenvalue weighted by molar-refractivity contribution is 5.81. The molecule has 0 aliphatic rings. The molecule has 0 aliphatic heterocycles. The molecule has 0 radical (unpaired) electrons. The Morgan fingerprint density at radius 3 is 2.75 bits per heavy atom. The van der Waals surface area contributed by atoms with Gasteiger partial charge in [0.25, 0.3) is 0 Å². The summed E-state index contributed by atoms with van der Waals surface area (Å²) in [5.41, 5.74) is 6.77. The van der Waals surface area contributed by atoms with Crippen LogP contribution in [0.5, 0.6) is 0 Å². The van der Waals surface area contributed by atoms with Crippen LogP contribution in [0.3, 0.4) is 0 Å². The van der Waals surface area contributed by atoms with Gasteiger partial charge >= 0.3 is 0 Å². The Morgan fingerprint density at radius 2 is 2.31 bits per heavy atom. The summed E-state index contributed by atoms with van der Waals surface area (Å²) in [7, 11) is 1.86. The predicted octanol–water partition coefficient (Wildman–Crippen LogP) is 0.506. The first-order chi connectivity index (χ1) is 7.58. The van der Waals surface area contributed by atoms with E-state index in [9.17, 15) is 4.79 Å². The van der Waals surface area contributed by atoms with Crippen LogP contribution < -0.4 is 5.73 Å². The first-order valence-corrected chi connectivity index (χ1v) is 5.60. The van der Waals surface area contributed by atoms with E-state index in [2.05, 4.69) is 5.10 Å². The van der Waals surface area contributed by atoms with Crippen molar-refractivity contribution in [3.8, 4) is 0 Å². The van der Waals surface area contributed by atoms with Crippen molar-refractivity contribution < 1.29 is 4.79 Å². The average molecular weight is 224 g/mol. The molecule has 1 aromatic rings. The lowest BCUT2D eigenvalue weighted by Gasteiger charge is -2.23. The minimum atomic E-state index is -0.392. The molecule has 0 saturated heterocycles. The fraction of sp³-hybridized carbons (Fsp3) is 0.636. The molecule has 0 unspecified atom stereocenters. The molecule has 0 spiro atoms. The van der Waals surface area contributed by atoms with Gasteiger partial charge in [-0.1, -0.05) is 6.92 Å². The van der Waals surface area contributed by atoms with Gasteiger partial charge in [-0.2, -0.15) is 5.10 Å². The third-order valence-corrected chi connectivity index (χ3v) is 2.58. The summed E-state index contributed by atoms with van der Waals surface area (Å²) in [5, 5.41) is 4.08. The number of rotatable bonds is 5. The quantitative estimate of drug-likeness (QED) is 0.792.